The van der Waals surface area contributed by atoms with Crippen molar-refractivity contribution in [3.8, 4) is 11.4 Å². The number of carbonyl (C=O) groups excluding carboxylic acids is 2. The first-order chi connectivity index (χ1) is 15.8. The highest BCUT2D eigenvalue weighted by atomic mass is 32.1. The SMILES string of the molecule is CC(=O)N(C)c1cc(C(F)(F)F)cnc1Nc1nc(-c2cc3c(cn2)N(C)C(=O)C3(C)C)cs1. The van der Waals surface area contributed by atoms with Gasteiger partial charge in [-0.25, -0.2) is 9.97 Å². The zero-order valence-corrected chi connectivity index (χ0v) is 19.8. The molecular formula is C22H21F3N6O2S. The predicted molar refractivity (Wildman–Crippen MR) is 123 cm³/mol. The Morgan fingerprint density at radius 1 is 1.18 bits per heavy atom. The molecule has 0 saturated heterocycles. The third kappa shape index (κ3) is 3.98. The summed E-state index contributed by atoms with van der Waals surface area (Å²) in [5.74, 6) is -0.423. The van der Waals surface area contributed by atoms with Crippen molar-refractivity contribution in [2.75, 3.05) is 29.2 Å². The van der Waals surface area contributed by atoms with Crippen LogP contribution in [-0.2, 0) is 21.2 Å². The Labute approximate surface area is 197 Å². The Kier molecular flexibility index (Phi) is 5.59. The topological polar surface area (TPSA) is 91.3 Å². The van der Waals surface area contributed by atoms with Crippen molar-refractivity contribution in [3.05, 3.63) is 41.0 Å². The summed E-state index contributed by atoms with van der Waals surface area (Å²) in [6.45, 7) is 4.94. The molecule has 4 heterocycles. The lowest BCUT2D eigenvalue weighted by Crippen LogP contribution is -2.33. The maximum Gasteiger partial charge on any atom is 0.417 e. The molecule has 1 aliphatic rings. The second-order valence-electron chi connectivity index (χ2n) is 8.41. The van der Waals surface area contributed by atoms with Gasteiger partial charge in [0.15, 0.2) is 10.9 Å². The van der Waals surface area contributed by atoms with Gasteiger partial charge in [0.25, 0.3) is 0 Å². The predicted octanol–water partition coefficient (Wildman–Crippen LogP) is 4.60. The molecule has 0 fully saturated rings. The zero-order chi connectivity index (χ0) is 25.0. The monoisotopic (exact) mass is 490 g/mol. The molecule has 0 unspecified atom stereocenters. The van der Waals surface area contributed by atoms with Crippen LogP contribution in [0.2, 0.25) is 0 Å². The molecule has 4 rings (SSSR count). The van der Waals surface area contributed by atoms with Crippen molar-refractivity contribution in [2.24, 2.45) is 0 Å². The number of fused-ring (bicyclic) bond motifs is 1. The quantitative estimate of drug-likeness (QED) is 0.575. The number of carbonyl (C=O) groups is 2. The number of anilines is 4. The van der Waals surface area contributed by atoms with Crippen LogP contribution in [-0.4, -0.2) is 40.9 Å². The van der Waals surface area contributed by atoms with Crippen LogP contribution < -0.4 is 15.1 Å². The zero-order valence-electron chi connectivity index (χ0n) is 19.0. The molecule has 3 aromatic rings. The van der Waals surface area contributed by atoms with E-state index in [1.165, 1.54) is 25.3 Å². The number of alkyl halides is 3. The highest BCUT2D eigenvalue weighted by Crippen LogP contribution is 2.42. The van der Waals surface area contributed by atoms with E-state index in [-0.39, 0.29) is 17.4 Å². The smallest absolute Gasteiger partial charge is 0.314 e. The molecule has 34 heavy (non-hydrogen) atoms. The van der Waals surface area contributed by atoms with E-state index >= 15 is 0 Å². The minimum Gasteiger partial charge on any atom is -0.314 e. The van der Waals surface area contributed by atoms with E-state index in [0.717, 1.165) is 22.2 Å². The minimum atomic E-state index is -4.60. The fourth-order valence-corrected chi connectivity index (χ4v) is 4.38. The summed E-state index contributed by atoms with van der Waals surface area (Å²) in [6, 6.07) is 2.68. The highest BCUT2D eigenvalue weighted by molar-refractivity contribution is 7.14. The number of hydrogen-bond acceptors (Lipinski definition) is 7. The van der Waals surface area contributed by atoms with E-state index in [0.29, 0.717) is 22.7 Å². The summed E-state index contributed by atoms with van der Waals surface area (Å²) < 4.78 is 39.5. The number of nitrogens with one attached hydrogen (secondary N) is 1. The fraction of sp³-hybridized carbons (Fsp3) is 0.318. The molecule has 1 aliphatic heterocycles. The number of halogens is 3. The molecule has 2 amide bonds. The number of amides is 2. The molecule has 0 bridgehead atoms. The van der Waals surface area contributed by atoms with Gasteiger partial charge in [-0.15, -0.1) is 11.3 Å². The summed E-state index contributed by atoms with van der Waals surface area (Å²) in [7, 11) is 3.07. The van der Waals surface area contributed by atoms with Gasteiger partial charge >= 0.3 is 6.18 Å². The Hall–Kier alpha value is -3.54. The maximum atomic E-state index is 13.2. The Morgan fingerprint density at radius 3 is 2.53 bits per heavy atom. The molecule has 0 saturated carbocycles. The summed E-state index contributed by atoms with van der Waals surface area (Å²) in [5, 5.41) is 5.00. The summed E-state index contributed by atoms with van der Waals surface area (Å²) in [4.78, 5) is 39.8. The van der Waals surface area contributed by atoms with Crippen molar-refractivity contribution in [3.63, 3.8) is 0 Å². The van der Waals surface area contributed by atoms with Crippen LogP contribution in [0, 0.1) is 0 Å². The number of likely N-dealkylation sites (N-methyl/N-ethyl adjacent to an activating group) is 1. The maximum absolute atomic E-state index is 13.2. The molecule has 1 N–H and O–H groups in total. The molecule has 0 spiro atoms. The van der Waals surface area contributed by atoms with Crippen LogP contribution in [0.3, 0.4) is 0 Å². The van der Waals surface area contributed by atoms with E-state index in [1.807, 2.05) is 19.9 Å². The Bertz CT molecular complexity index is 1300. The van der Waals surface area contributed by atoms with Crippen molar-refractivity contribution >= 4 is 45.5 Å². The Morgan fingerprint density at radius 2 is 1.88 bits per heavy atom. The number of pyridine rings is 2. The first-order valence-corrected chi connectivity index (χ1v) is 11.0. The van der Waals surface area contributed by atoms with Gasteiger partial charge < -0.3 is 15.1 Å². The molecule has 12 heteroatoms. The van der Waals surface area contributed by atoms with E-state index in [2.05, 4.69) is 20.3 Å². The van der Waals surface area contributed by atoms with E-state index < -0.39 is 23.1 Å². The average molecular weight is 491 g/mol. The summed E-state index contributed by atoms with van der Waals surface area (Å²) >= 11 is 1.21. The van der Waals surface area contributed by atoms with E-state index in [1.54, 1.807) is 23.5 Å². The number of nitrogens with zero attached hydrogens (tertiary/aromatic N) is 5. The summed E-state index contributed by atoms with van der Waals surface area (Å²) in [6.07, 6.45) is -2.28. The van der Waals surface area contributed by atoms with Crippen molar-refractivity contribution in [1.82, 2.24) is 15.0 Å². The summed E-state index contributed by atoms with van der Waals surface area (Å²) in [5.41, 5.74) is 0.959. The average Bonchev–Trinajstić information content (AvgIpc) is 3.30. The fourth-order valence-electron chi connectivity index (χ4n) is 3.68. The standard InChI is InChI=1S/C22H21F3N6O2S/c1-11(32)30(4)16-6-12(22(23,24)25)8-27-18(16)29-20-28-15(10-34-20)14-7-13-17(9-26-14)31(5)19(33)21(13,2)3/h6-10H,1-5H3,(H,27,28,29). The molecule has 178 valence electrons. The number of rotatable bonds is 4. The first kappa shape index (κ1) is 23.6. The third-order valence-electron chi connectivity index (χ3n) is 5.78. The van der Waals surface area contributed by atoms with Crippen LogP contribution in [0.25, 0.3) is 11.4 Å². The normalized spacial score (nSPS) is 14.8. The van der Waals surface area contributed by atoms with Crippen LogP contribution in [0.5, 0.6) is 0 Å². The lowest BCUT2D eigenvalue weighted by atomic mass is 9.86. The van der Waals surface area contributed by atoms with Gasteiger partial charge in [0.05, 0.1) is 34.2 Å². The molecule has 0 aromatic carbocycles. The molecule has 0 aliphatic carbocycles. The number of aromatic nitrogens is 3. The lowest BCUT2D eigenvalue weighted by Gasteiger charge is -2.20. The highest BCUT2D eigenvalue weighted by Gasteiger charge is 2.42. The van der Waals surface area contributed by atoms with Gasteiger partial charge in [-0.05, 0) is 31.5 Å². The molecule has 0 atom stereocenters. The molecule has 8 nitrogen and oxygen atoms in total. The van der Waals surface area contributed by atoms with Crippen LogP contribution >= 0.6 is 11.3 Å². The molecule has 3 aromatic heterocycles. The van der Waals surface area contributed by atoms with Crippen molar-refractivity contribution in [2.45, 2.75) is 32.4 Å². The van der Waals surface area contributed by atoms with Gasteiger partial charge in [-0.1, -0.05) is 0 Å². The molecule has 0 radical (unpaired) electrons. The lowest BCUT2D eigenvalue weighted by molar-refractivity contribution is -0.137. The number of thiazole rings is 1. The molecular weight excluding hydrogens is 469 g/mol. The number of hydrogen-bond donors (Lipinski definition) is 1. The first-order valence-electron chi connectivity index (χ1n) is 10.1. The van der Waals surface area contributed by atoms with Crippen LogP contribution in [0.15, 0.2) is 29.9 Å². The van der Waals surface area contributed by atoms with Gasteiger partial charge in [0.2, 0.25) is 11.8 Å². The second-order valence-corrected chi connectivity index (χ2v) is 9.26. The second kappa shape index (κ2) is 8.05. The Balaban J connectivity index is 1.67. The van der Waals surface area contributed by atoms with Crippen LogP contribution in [0.4, 0.5) is 35.5 Å². The van der Waals surface area contributed by atoms with Gasteiger partial charge in [0, 0.05) is 32.6 Å². The van der Waals surface area contributed by atoms with Crippen LogP contribution in [0.1, 0.15) is 31.9 Å². The largest absolute Gasteiger partial charge is 0.417 e. The van der Waals surface area contributed by atoms with E-state index in [4.69, 9.17) is 0 Å². The van der Waals surface area contributed by atoms with E-state index in [9.17, 15) is 22.8 Å². The minimum absolute atomic E-state index is 0.0296. The van der Waals surface area contributed by atoms with Crippen molar-refractivity contribution < 1.29 is 22.8 Å². The van der Waals surface area contributed by atoms with Gasteiger partial charge in [-0.2, -0.15) is 13.2 Å². The van der Waals surface area contributed by atoms with Gasteiger partial charge in [-0.3, -0.25) is 14.6 Å². The van der Waals surface area contributed by atoms with Gasteiger partial charge in [0.1, 0.15) is 5.69 Å². The van der Waals surface area contributed by atoms with Crippen molar-refractivity contribution in [1.29, 1.82) is 0 Å². The third-order valence-corrected chi connectivity index (χ3v) is 6.54.